The Morgan fingerprint density at radius 2 is 1.77 bits per heavy atom. The van der Waals surface area contributed by atoms with Crippen molar-refractivity contribution in [3.8, 4) is 17.2 Å². The number of anilines is 2. The maximum atomic E-state index is 12.4. The lowest BCUT2D eigenvalue weighted by molar-refractivity contribution is -0.118. The highest BCUT2D eigenvalue weighted by Gasteiger charge is 2.15. The molecule has 3 aromatic rings. The van der Waals surface area contributed by atoms with E-state index < -0.39 is 0 Å². The molecule has 0 aromatic heterocycles. The number of fused-ring (bicyclic) bond motifs is 1. The molecule has 2 N–H and O–H groups in total. The van der Waals surface area contributed by atoms with Gasteiger partial charge in [-0.3, -0.25) is 9.59 Å². The highest BCUT2D eigenvalue weighted by atomic mass is 16.5. The first kappa shape index (κ1) is 19.5. The average molecular weight is 402 g/mol. The molecule has 0 fully saturated rings. The Kier molecular flexibility index (Phi) is 5.66. The summed E-state index contributed by atoms with van der Waals surface area (Å²) in [6.45, 7) is 1.88. The maximum Gasteiger partial charge on any atom is 0.262 e. The third-order valence-corrected chi connectivity index (χ3v) is 4.75. The Labute approximate surface area is 174 Å². The molecule has 2 amide bonds. The average Bonchev–Trinajstić information content (AvgIpc) is 2.75. The largest absolute Gasteiger partial charge is 0.484 e. The highest BCUT2D eigenvalue weighted by Crippen LogP contribution is 2.30. The van der Waals surface area contributed by atoms with E-state index in [9.17, 15) is 9.59 Å². The second-order valence-electron chi connectivity index (χ2n) is 7.12. The van der Waals surface area contributed by atoms with E-state index in [-0.39, 0.29) is 18.4 Å². The number of ether oxygens (including phenoxy) is 2. The summed E-state index contributed by atoms with van der Waals surface area (Å²) in [6.07, 6.45) is 1.11. The van der Waals surface area contributed by atoms with Crippen LogP contribution in [0.4, 0.5) is 11.4 Å². The van der Waals surface area contributed by atoms with Gasteiger partial charge >= 0.3 is 0 Å². The van der Waals surface area contributed by atoms with Gasteiger partial charge in [-0.2, -0.15) is 0 Å². The molecule has 0 bridgehead atoms. The Morgan fingerprint density at radius 3 is 2.60 bits per heavy atom. The quantitative estimate of drug-likeness (QED) is 0.627. The topological polar surface area (TPSA) is 76.7 Å². The van der Waals surface area contributed by atoms with Crippen LogP contribution in [0, 0.1) is 6.92 Å². The first-order valence-corrected chi connectivity index (χ1v) is 9.76. The van der Waals surface area contributed by atoms with E-state index in [0.717, 1.165) is 16.8 Å². The first-order chi connectivity index (χ1) is 14.6. The molecule has 0 unspecified atom stereocenters. The van der Waals surface area contributed by atoms with E-state index in [1.807, 2.05) is 49.4 Å². The Balaban J connectivity index is 1.37. The predicted octanol–water partition coefficient (Wildman–Crippen LogP) is 4.69. The smallest absolute Gasteiger partial charge is 0.262 e. The van der Waals surface area contributed by atoms with Gasteiger partial charge in [-0.05, 0) is 61.4 Å². The lowest BCUT2D eigenvalue weighted by atomic mass is 10.0. The SMILES string of the molecule is Cc1ccc(Oc2ccccc2NC(=O)COc2ccc3c(c2)CCC(=O)N3)cc1. The van der Waals surface area contributed by atoms with E-state index >= 15 is 0 Å². The van der Waals surface area contributed by atoms with Crippen LogP contribution in [0.5, 0.6) is 17.2 Å². The van der Waals surface area contributed by atoms with Crippen molar-refractivity contribution in [1.82, 2.24) is 0 Å². The molecule has 30 heavy (non-hydrogen) atoms. The van der Waals surface area contributed by atoms with Crippen LogP contribution in [0.25, 0.3) is 0 Å². The molecule has 3 aromatic carbocycles. The summed E-state index contributed by atoms with van der Waals surface area (Å²) in [5, 5.41) is 5.66. The van der Waals surface area contributed by atoms with Crippen LogP contribution in [0.15, 0.2) is 66.7 Å². The normalized spacial score (nSPS) is 12.5. The van der Waals surface area contributed by atoms with Crippen molar-refractivity contribution < 1.29 is 19.1 Å². The summed E-state index contributed by atoms with van der Waals surface area (Å²) in [6, 6.07) is 20.4. The van der Waals surface area contributed by atoms with Gasteiger partial charge < -0.3 is 20.1 Å². The molecular formula is C24H22N2O4. The zero-order valence-corrected chi connectivity index (χ0v) is 16.6. The molecule has 0 saturated carbocycles. The fraction of sp³-hybridized carbons (Fsp3) is 0.167. The zero-order valence-electron chi connectivity index (χ0n) is 16.6. The van der Waals surface area contributed by atoms with Crippen LogP contribution in [-0.2, 0) is 16.0 Å². The van der Waals surface area contributed by atoms with Gasteiger partial charge in [-0.25, -0.2) is 0 Å². The third-order valence-electron chi connectivity index (χ3n) is 4.75. The van der Waals surface area contributed by atoms with E-state index in [4.69, 9.17) is 9.47 Å². The first-order valence-electron chi connectivity index (χ1n) is 9.76. The number of aryl methyl sites for hydroxylation is 2. The van der Waals surface area contributed by atoms with Gasteiger partial charge in [0, 0.05) is 12.1 Å². The van der Waals surface area contributed by atoms with E-state index in [2.05, 4.69) is 10.6 Å². The number of rotatable bonds is 6. The van der Waals surface area contributed by atoms with Crippen LogP contribution in [0.3, 0.4) is 0 Å². The van der Waals surface area contributed by atoms with Gasteiger partial charge in [0.1, 0.15) is 11.5 Å². The molecule has 6 heteroatoms. The van der Waals surface area contributed by atoms with Crippen molar-refractivity contribution in [3.05, 3.63) is 77.9 Å². The molecule has 0 spiro atoms. The molecule has 1 aliphatic heterocycles. The molecule has 0 saturated heterocycles. The number of amides is 2. The summed E-state index contributed by atoms with van der Waals surface area (Å²) < 4.78 is 11.5. The van der Waals surface area contributed by atoms with Gasteiger partial charge in [0.15, 0.2) is 12.4 Å². The third kappa shape index (κ3) is 4.78. The summed E-state index contributed by atoms with van der Waals surface area (Å²) >= 11 is 0. The number of para-hydroxylation sites is 2. The van der Waals surface area contributed by atoms with E-state index in [0.29, 0.717) is 35.8 Å². The Morgan fingerprint density at radius 1 is 1.00 bits per heavy atom. The van der Waals surface area contributed by atoms with Crippen molar-refractivity contribution in [2.45, 2.75) is 19.8 Å². The summed E-state index contributed by atoms with van der Waals surface area (Å²) in [5.74, 6) is 1.56. The van der Waals surface area contributed by atoms with Crippen LogP contribution in [0.2, 0.25) is 0 Å². The molecule has 4 rings (SSSR count). The van der Waals surface area contributed by atoms with Crippen molar-refractivity contribution in [1.29, 1.82) is 0 Å². The highest BCUT2D eigenvalue weighted by molar-refractivity contribution is 5.94. The zero-order chi connectivity index (χ0) is 20.9. The van der Waals surface area contributed by atoms with Gasteiger partial charge in [-0.15, -0.1) is 0 Å². The van der Waals surface area contributed by atoms with Crippen molar-refractivity contribution in [3.63, 3.8) is 0 Å². The van der Waals surface area contributed by atoms with E-state index in [1.165, 1.54) is 0 Å². The van der Waals surface area contributed by atoms with Crippen LogP contribution in [0.1, 0.15) is 17.5 Å². The van der Waals surface area contributed by atoms with Gasteiger partial charge in [0.25, 0.3) is 5.91 Å². The number of carbonyl (C=O) groups is 2. The maximum absolute atomic E-state index is 12.4. The van der Waals surface area contributed by atoms with Gasteiger partial charge in [0.05, 0.1) is 5.69 Å². The Bertz CT molecular complexity index is 1080. The van der Waals surface area contributed by atoms with Gasteiger partial charge in [-0.1, -0.05) is 29.8 Å². The standard InChI is InChI=1S/C24H22N2O4/c1-16-6-9-18(10-7-16)30-22-5-3-2-4-21(22)26-24(28)15-29-19-11-12-20-17(14-19)8-13-23(27)25-20/h2-7,9-12,14H,8,13,15H2,1H3,(H,25,27)(H,26,28). The lowest BCUT2D eigenvalue weighted by Crippen LogP contribution is -2.21. The molecule has 0 aliphatic carbocycles. The second kappa shape index (κ2) is 8.69. The molecular weight excluding hydrogens is 380 g/mol. The summed E-state index contributed by atoms with van der Waals surface area (Å²) in [5.41, 5.74) is 3.51. The van der Waals surface area contributed by atoms with Gasteiger partial charge in [0.2, 0.25) is 5.91 Å². The van der Waals surface area contributed by atoms with Crippen molar-refractivity contribution in [2.24, 2.45) is 0 Å². The molecule has 1 aliphatic rings. The van der Waals surface area contributed by atoms with Crippen LogP contribution in [-0.4, -0.2) is 18.4 Å². The number of carbonyl (C=O) groups excluding carboxylic acids is 2. The van der Waals surface area contributed by atoms with Crippen LogP contribution >= 0.6 is 0 Å². The van der Waals surface area contributed by atoms with Crippen molar-refractivity contribution >= 4 is 23.2 Å². The number of benzene rings is 3. The molecule has 0 radical (unpaired) electrons. The molecule has 0 atom stereocenters. The molecule has 6 nitrogen and oxygen atoms in total. The second-order valence-corrected chi connectivity index (χ2v) is 7.12. The summed E-state index contributed by atoms with van der Waals surface area (Å²) in [4.78, 5) is 23.9. The number of hydrogen-bond acceptors (Lipinski definition) is 4. The summed E-state index contributed by atoms with van der Waals surface area (Å²) in [7, 11) is 0. The minimum atomic E-state index is -0.291. The van der Waals surface area contributed by atoms with Crippen LogP contribution < -0.4 is 20.1 Å². The lowest BCUT2D eigenvalue weighted by Gasteiger charge is -2.17. The number of nitrogens with one attached hydrogen (secondary N) is 2. The molecule has 1 heterocycles. The fourth-order valence-electron chi connectivity index (χ4n) is 3.18. The van der Waals surface area contributed by atoms with E-state index in [1.54, 1.807) is 24.3 Å². The minimum absolute atomic E-state index is 0.0158. The number of hydrogen-bond donors (Lipinski definition) is 2. The molecule has 152 valence electrons. The Hall–Kier alpha value is -3.80. The minimum Gasteiger partial charge on any atom is -0.484 e. The van der Waals surface area contributed by atoms with Crippen molar-refractivity contribution in [2.75, 3.05) is 17.2 Å². The predicted molar refractivity (Wildman–Crippen MR) is 115 cm³/mol. The monoisotopic (exact) mass is 402 g/mol. The fourth-order valence-corrected chi connectivity index (χ4v) is 3.18.